The van der Waals surface area contributed by atoms with Crippen molar-refractivity contribution in [3.63, 3.8) is 0 Å². The first kappa shape index (κ1) is 12.9. The van der Waals surface area contributed by atoms with E-state index in [1.807, 2.05) is 24.3 Å². The molecule has 0 unspecified atom stereocenters. The Morgan fingerprint density at radius 3 is 2.67 bits per heavy atom. The average molecular weight is 247 g/mol. The standard InChI is InChI=1S/C15H21NO2/c1-2-3-4-5-6-9-12-17-15-16-13-10-7-8-11-14(13)18-15/h7-8,10-11H,2-6,9,12H2,1H3. The van der Waals surface area contributed by atoms with Crippen LogP contribution in [0.2, 0.25) is 0 Å². The first-order valence-electron chi connectivity index (χ1n) is 6.88. The maximum atomic E-state index is 5.52. The predicted molar refractivity (Wildman–Crippen MR) is 72.9 cm³/mol. The molecule has 0 spiro atoms. The number of unbranched alkanes of at least 4 members (excludes halogenated alkanes) is 5. The van der Waals surface area contributed by atoms with Crippen LogP contribution >= 0.6 is 0 Å². The number of para-hydroxylation sites is 2. The van der Waals surface area contributed by atoms with Gasteiger partial charge in [-0.05, 0) is 18.6 Å². The van der Waals surface area contributed by atoms with Gasteiger partial charge in [0.05, 0.1) is 6.61 Å². The SMILES string of the molecule is CCCCCCCCOc1nc2ccccc2o1. The zero-order valence-corrected chi connectivity index (χ0v) is 11.0. The molecular weight excluding hydrogens is 226 g/mol. The third kappa shape index (κ3) is 3.76. The molecule has 0 saturated heterocycles. The van der Waals surface area contributed by atoms with Gasteiger partial charge in [0, 0.05) is 0 Å². The number of aromatic nitrogens is 1. The summed E-state index contributed by atoms with van der Waals surface area (Å²) >= 11 is 0. The molecule has 0 N–H and O–H groups in total. The highest BCUT2D eigenvalue weighted by Crippen LogP contribution is 2.20. The summed E-state index contributed by atoms with van der Waals surface area (Å²) in [5, 5.41) is 0. The largest absolute Gasteiger partial charge is 0.450 e. The van der Waals surface area contributed by atoms with Crippen LogP contribution in [0.1, 0.15) is 45.4 Å². The molecule has 0 amide bonds. The molecule has 0 bridgehead atoms. The van der Waals surface area contributed by atoms with Gasteiger partial charge in [-0.3, -0.25) is 0 Å². The van der Waals surface area contributed by atoms with Crippen LogP contribution in [0.15, 0.2) is 28.7 Å². The van der Waals surface area contributed by atoms with Gasteiger partial charge in [0.1, 0.15) is 5.52 Å². The van der Waals surface area contributed by atoms with Crippen molar-refractivity contribution < 1.29 is 9.15 Å². The van der Waals surface area contributed by atoms with E-state index in [-0.39, 0.29) is 0 Å². The molecule has 0 fully saturated rings. The van der Waals surface area contributed by atoms with Crippen molar-refractivity contribution in [2.24, 2.45) is 0 Å². The number of benzene rings is 1. The maximum Gasteiger partial charge on any atom is 0.394 e. The zero-order valence-electron chi connectivity index (χ0n) is 11.0. The first-order valence-corrected chi connectivity index (χ1v) is 6.88. The monoisotopic (exact) mass is 247 g/mol. The highest BCUT2D eigenvalue weighted by Gasteiger charge is 2.04. The van der Waals surface area contributed by atoms with Crippen LogP contribution in [0.25, 0.3) is 11.1 Å². The van der Waals surface area contributed by atoms with Gasteiger partial charge in [0.2, 0.25) is 0 Å². The molecule has 0 aliphatic carbocycles. The lowest BCUT2D eigenvalue weighted by Gasteiger charge is -2.01. The summed E-state index contributed by atoms with van der Waals surface area (Å²) in [6.45, 7) is 2.93. The van der Waals surface area contributed by atoms with E-state index in [4.69, 9.17) is 9.15 Å². The number of hydrogen-bond donors (Lipinski definition) is 0. The highest BCUT2D eigenvalue weighted by molar-refractivity contribution is 5.72. The summed E-state index contributed by atoms with van der Waals surface area (Å²) in [5.41, 5.74) is 1.64. The fourth-order valence-electron chi connectivity index (χ4n) is 1.95. The van der Waals surface area contributed by atoms with E-state index in [0.717, 1.165) is 17.5 Å². The van der Waals surface area contributed by atoms with Crippen LogP contribution < -0.4 is 4.74 Å². The Labute approximate surface area is 108 Å². The lowest BCUT2D eigenvalue weighted by atomic mass is 10.1. The van der Waals surface area contributed by atoms with E-state index in [1.165, 1.54) is 32.1 Å². The van der Waals surface area contributed by atoms with Crippen molar-refractivity contribution >= 4 is 11.1 Å². The normalized spacial score (nSPS) is 10.9. The minimum atomic E-state index is 0.393. The Kier molecular flexibility index (Phi) is 5.06. The highest BCUT2D eigenvalue weighted by atomic mass is 16.6. The third-order valence-corrected chi connectivity index (χ3v) is 3.00. The van der Waals surface area contributed by atoms with Gasteiger partial charge in [0.25, 0.3) is 0 Å². The van der Waals surface area contributed by atoms with E-state index < -0.39 is 0 Å². The number of ether oxygens (including phenoxy) is 1. The van der Waals surface area contributed by atoms with E-state index in [9.17, 15) is 0 Å². The summed E-state index contributed by atoms with van der Waals surface area (Å²) < 4.78 is 11.0. The molecule has 0 saturated carbocycles. The molecule has 1 aromatic carbocycles. The number of hydrogen-bond acceptors (Lipinski definition) is 3. The van der Waals surface area contributed by atoms with Crippen LogP contribution in [0, 0.1) is 0 Å². The fourth-order valence-corrected chi connectivity index (χ4v) is 1.95. The topological polar surface area (TPSA) is 35.3 Å². The Balaban J connectivity index is 1.67. The molecule has 98 valence electrons. The average Bonchev–Trinajstić information content (AvgIpc) is 2.80. The minimum absolute atomic E-state index is 0.393. The van der Waals surface area contributed by atoms with E-state index >= 15 is 0 Å². The summed E-state index contributed by atoms with van der Waals surface area (Å²) in [6, 6.07) is 7.71. The third-order valence-electron chi connectivity index (χ3n) is 3.00. The number of rotatable bonds is 8. The molecular formula is C15H21NO2. The van der Waals surface area contributed by atoms with E-state index in [1.54, 1.807) is 0 Å². The number of fused-ring (bicyclic) bond motifs is 1. The molecule has 0 aliphatic rings. The Hall–Kier alpha value is -1.51. The number of oxazole rings is 1. The second kappa shape index (κ2) is 7.04. The minimum Gasteiger partial charge on any atom is -0.450 e. The second-order valence-electron chi connectivity index (χ2n) is 4.56. The first-order chi connectivity index (χ1) is 8.90. The Morgan fingerprint density at radius 1 is 1.06 bits per heavy atom. The van der Waals surface area contributed by atoms with Crippen molar-refractivity contribution in [1.82, 2.24) is 4.98 Å². The van der Waals surface area contributed by atoms with Crippen molar-refractivity contribution in [1.29, 1.82) is 0 Å². The Bertz CT molecular complexity index is 431. The van der Waals surface area contributed by atoms with E-state index in [0.29, 0.717) is 12.7 Å². The zero-order chi connectivity index (χ0) is 12.6. The van der Waals surface area contributed by atoms with Crippen molar-refractivity contribution in [2.75, 3.05) is 6.61 Å². The quantitative estimate of drug-likeness (QED) is 0.641. The Morgan fingerprint density at radius 2 is 1.83 bits per heavy atom. The van der Waals surface area contributed by atoms with Crippen LogP contribution in [0.4, 0.5) is 0 Å². The van der Waals surface area contributed by atoms with Gasteiger partial charge in [-0.1, -0.05) is 51.2 Å². The molecule has 2 aromatic rings. The van der Waals surface area contributed by atoms with Gasteiger partial charge in [-0.2, -0.15) is 4.98 Å². The van der Waals surface area contributed by atoms with Crippen molar-refractivity contribution in [3.05, 3.63) is 24.3 Å². The second-order valence-corrected chi connectivity index (χ2v) is 4.56. The van der Waals surface area contributed by atoms with Crippen LogP contribution in [-0.2, 0) is 0 Å². The molecule has 0 aliphatic heterocycles. The van der Waals surface area contributed by atoms with Crippen LogP contribution in [-0.4, -0.2) is 11.6 Å². The lowest BCUT2D eigenvalue weighted by Crippen LogP contribution is -1.97. The summed E-state index contributed by atoms with van der Waals surface area (Å²) in [4.78, 5) is 4.27. The molecule has 2 rings (SSSR count). The predicted octanol–water partition coefficient (Wildman–Crippen LogP) is 4.57. The van der Waals surface area contributed by atoms with Crippen LogP contribution in [0.3, 0.4) is 0 Å². The maximum absolute atomic E-state index is 5.52. The molecule has 18 heavy (non-hydrogen) atoms. The summed E-state index contributed by atoms with van der Waals surface area (Å²) in [6.07, 6.45) is 7.95. The van der Waals surface area contributed by atoms with Crippen molar-refractivity contribution in [3.8, 4) is 6.08 Å². The van der Waals surface area contributed by atoms with Gasteiger partial charge in [-0.15, -0.1) is 0 Å². The smallest absolute Gasteiger partial charge is 0.394 e. The molecule has 0 atom stereocenters. The van der Waals surface area contributed by atoms with Crippen molar-refractivity contribution in [2.45, 2.75) is 45.4 Å². The molecule has 1 aromatic heterocycles. The van der Waals surface area contributed by atoms with Gasteiger partial charge in [0.15, 0.2) is 5.58 Å². The fraction of sp³-hybridized carbons (Fsp3) is 0.533. The van der Waals surface area contributed by atoms with Gasteiger partial charge >= 0.3 is 6.08 Å². The van der Waals surface area contributed by atoms with Crippen LogP contribution in [0.5, 0.6) is 6.08 Å². The molecule has 0 radical (unpaired) electrons. The lowest BCUT2D eigenvalue weighted by molar-refractivity contribution is 0.230. The summed E-state index contributed by atoms with van der Waals surface area (Å²) in [5.74, 6) is 0. The summed E-state index contributed by atoms with van der Waals surface area (Å²) in [7, 11) is 0. The molecule has 1 heterocycles. The molecule has 3 nitrogen and oxygen atoms in total. The number of nitrogens with zero attached hydrogens (tertiary/aromatic N) is 1. The molecule has 3 heteroatoms. The van der Waals surface area contributed by atoms with E-state index in [2.05, 4.69) is 11.9 Å². The van der Waals surface area contributed by atoms with Gasteiger partial charge in [-0.25, -0.2) is 0 Å². The van der Waals surface area contributed by atoms with Gasteiger partial charge < -0.3 is 9.15 Å².